The summed E-state index contributed by atoms with van der Waals surface area (Å²) in [7, 11) is 3.98. The van der Waals surface area contributed by atoms with Crippen molar-refractivity contribution in [2.24, 2.45) is 11.8 Å². The molecule has 2 unspecified atom stereocenters. The molecule has 0 bridgehead atoms. The van der Waals surface area contributed by atoms with Crippen molar-refractivity contribution in [2.45, 2.75) is 44.6 Å². The average Bonchev–Trinajstić information content (AvgIpc) is 3.71. The second-order valence-corrected chi connectivity index (χ2v) is 12.1. The van der Waals surface area contributed by atoms with Gasteiger partial charge in [-0.15, -0.1) is 6.58 Å². The van der Waals surface area contributed by atoms with Crippen LogP contribution < -0.4 is 10.6 Å². The van der Waals surface area contributed by atoms with E-state index in [0.717, 1.165) is 41.6 Å². The van der Waals surface area contributed by atoms with Gasteiger partial charge >= 0.3 is 0 Å². The van der Waals surface area contributed by atoms with Crippen LogP contribution in [0.4, 0.5) is 11.4 Å². The smallest absolute Gasteiger partial charge is 0.0419 e. The van der Waals surface area contributed by atoms with E-state index in [0.29, 0.717) is 5.92 Å². The largest absolute Gasteiger partial charge is 0.388 e. The van der Waals surface area contributed by atoms with Gasteiger partial charge in [0.1, 0.15) is 0 Å². The molecule has 1 aliphatic heterocycles. The summed E-state index contributed by atoms with van der Waals surface area (Å²) in [5.74, 6) is 1.99. The molecule has 0 radical (unpaired) electrons. The number of hydrogen-bond donors (Lipinski definition) is 2. The molecule has 40 heavy (non-hydrogen) atoms. The van der Waals surface area contributed by atoms with E-state index < -0.39 is 0 Å². The Labute approximate surface area is 241 Å². The van der Waals surface area contributed by atoms with Gasteiger partial charge in [0.15, 0.2) is 0 Å². The molecule has 1 saturated heterocycles. The zero-order valence-electron chi connectivity index (χ0n) is 24.7. The van der Waals surface area contributed by atoms with Crippen molar-refractivity contribution in [1.82, 2.24) is 4.90 Å². The SMILES string of the molecule is C=C[C@]1(c2ccccc2NC)C[C@H]1c1ccc(C(=C)/C=C/c2ccc(CN3CC(C)CC(C)C3)cc2)c(NC)c1. The van der Waals surface area contributed by atoms with E-state index in [2.05, 4.69) is 127 Å². The lowest BCUT2D eigenvalue weighted by atomic mass is 9.88. The van der Waals surface area contributed by atoms with Gasteiger partial charge in [-0.05, 0) is 70.6 Å². The molecule has 0 aromatic heterocycles. The Morgan fingerprint density at radius 1 is 0.950 bits per heavy atom. The zero-order chi connectivity index (χ0) is 28.3. The summed E-state index contributed by atoms with van der Waals surface area (Å²) < 4.78 is 0. The second-order valence-electron chi connectivity index (χ2n) is 12.1. The number of allylic oxidation sites excluding steroid dienone is 3. The lowest BCUT2D eigenvalue weighted by molar-refractivity contribution is 0.134. The van der Waals surface area contributed by atoms with Crippen molar-refractivity contribution < 1.29 is 0 Å². The Hall–Kier alpha value is -3.56. The number of piperidine rings is 1. The fraction of sp³-hybridized carbons (Fsp3) is 0.351. The summed E-state index contributed by atoms with van der Waals surface area (Å²) in [6.07, 6.45) is 8.87. The first-order valence-electron chi connectivity index (χ1n) is 14.8. The van der Waals surface area contributed by atoms with Gasteiger partial charge in [-0.3, -0.25) is 4.90 Å². The second kappa shape index (κ2) is 11.9. The van der Waals surface area contributed by atoms with E-state index in [1.807, 2.05) is 14.1 Å². The highest BCUT2D eigenvalue weighted by Gasteiger charge is 2.54. The molecule has 1 aliphatic carbocycles. The summed E-state index contributed by atoms with van der Waals surface area (Å²) in [6.45, 7) is 16.8. The first-order chi connectivity index (χ1) is 19.4. The van der Waals surface area contributed by atoms with Crippen molar-refractivity contribution in [1.29, 1.82) is 0 Å². The van der Waals surface area contributed by atoms with E-state index in [4.69, 9.17) is 0 Å². The maximum absolute atomic E-state index is 4.40. The number of benzene rings is 3. The predicted molar refractivity (Wildman–Crippen MR) is 174 cm³/mol. The molecule has 3 aromatic carbocycles. The lowest BCUT2D eigenvalue weighted by Gasteiger charge is -2.35. The van der Waals surface area contributed by atoms with Crippen LogP contribution >= 0.6 is 0 Å². The van der Waals surface area contributed by atoms with Crippen molar-refractivity contribution in [3.8, 4) is 0 Å². The van der Waals surface area contributed by atoms with E-state index in [1.165, 1.54) is 47.5 Å². The van der Waals surface area contributed by atoms with Crippen LogP contribution in [0.15, 0.2) is 92.0 Å². The third-order valence-corrected chi connectivity index (χ3v) is 8.93. The van der Waals surface area contributed by atoms with Crippen molar-refractivity contribution >= 4 is 23.0 Å². The molecule has 1 heterocycles. The van der Waals surface area contributed by atoms with Crippen molar-refractivity contribution in [2.75, 3.05) is 37.8 Å². The molecule has 0 spiro atoms. The molecule has 2 fully saturated rings. The summed E-state index contributed by atoms with van der Waals surface area (Å²) in [5, 5.41) is 6.79. The van der Waals surface area contributed by atoms with Gasteiger partial charge in [-0.25, -0.2) is 0 Å². The maximum atomic E-state index is 4.40. The molecular formula is C37H45N3. The normalized spacial score (nSPS) is 24.6. The fourth-order valence-corrected chi connectivity index (χ4v) is 6.90. The summed E-state index contributed by atoms with van der Waals surface area (Å²) in [5.41, 5.74) is 9.64. The first kappa shape index (κ1) is 28.0. The van der Waals surface area contributed by atoms with Crippen molar-refractivity contribution in [3.05, 3.63) is 120 Å². The third kappa shape index (κ3) is 5.81. The number of para-hydroxylation sites is 1. The number of nitrogens with one attached hydrogen (secondary N) is 2. The standard InChI is InChI=1S/C37H45N3/c1-7-37(33-10-8-9-11-35(33)38-5)22-34(37)31-18-19-32(36(21-31)39-6)28(4)12-13-29-14-16-30(17-15-29)25-40-23-26(2)20-27(3)24-40/h7-19,21,26-27,34,38-39H,1,4,20,22-25H2,2-3,5-6H3/b13-12+/t26?,27?,34-,37+/m0/s1. The zero-order valence-corrected chi connectivity index (χ0v) is 24.7. The number of likely N-dealkylation sites (tertiary alicyclic amines) is 1. The summed E-state index contributed by atoms with van der Waals surface area (Å²) >= 11 is 0. The minimum absolute atomic E-state index is 0.0281. The highest BCUT2D eigenvalue weighted by molar-refractivity contribution is 5.84. The van der Waals surface area contributed by atoms with Crippen LogP contribution in [0.5, 0.6) is 0 Å². The molecule has 3 aromatic rings. The van der Waals surface area contributed by atoms with Crippen LogP contribution in [0.25, 0.3) is 11.6 Å². The van der Waals surface area contributed by atoms with Crippen LogP contribution in [0.3, 0.4) is 0 Å². The topological polar surface area (TPSA) is 27.3 Å². The van der Waals surface area contributed by atoms with Gasteiger partial charge in [0.25, 0.3) is 0 Å². The molecule has 3 nitrogen and oxygen atoms in total. The van der Waals surface area contributed by atoms with E-state index in [1.54, 1.807) is 0 Å². The first-order valence-corrected chi connectivity index (χ1v) is 14.8. The number of nitrogens with zero attached hydrogens (tertiary/aromatic N) is 1. The van der Waals surface area contributed by atoms with Gasteiger partial charge in [0.2, 0.25) is 0 Å². The summed E-state index contributed by atoms with van der Waals surface area (Å²) in [4.78, 5) is 2.61. The number of rotatable bonds is 10. The Kier molecular flexibility index (Phi) is 8.32. The van der Waals surface area contributed by atoms with E-state index >= 15 is 0 Å². The molecule has 208 valence electrons. The van der Waals surface area contributed by atoms with Crippen LogP contribution in [-0.4, -0.2) is 32.1 Å². The predicted octanol–water partition coefficient (Wildman–Crippen LogP) is 8.59. The molecular weight excluding hydrogens is 486 g/mol. The highest BCUT2D eigenvalue weighted by atomic mass is 15.1. The average molecular weight is 532 g/mol. The van der Waals surface area contributed by atoms with E-state index in [9.17, 15) is 0 Å². The molecule has 2 aliphatic rings. The summed E-state index contributed by atoms with van der Waals surface area (Å²) in [6, 6.07) is 24.4. The number of anilines is 2. The van der Waals surface area contributed by atoms with Crippen molar-refractivity contribution in [3.63, 3.8) is 0 Å². The van der Waals surface area contributed by atoms with Gasteiger partial charge < -0.3 is 10.6 Å². The van der Waals surface area contributed by atoms with E-state index in [-0.39, 0.29) is 5.41 Å². The molecule has 0 amide bonds. The Morgan fingerprint density at radius 2 is 1.65 bits per heavy atom. The van der Waals surface area contributed by atoms with Gasteiger partial charge in [0, 0.05) is 56.1 Å². The van der Waals surface area contributed by atoms with Crippen LogP contribution in [-0.2, 0) is 12.0 Å². The van der Waals surface area contributed by atoms with Crippen LogP contribution in [0, 0.1) is 11.8 Å². The number of hydrogen-bond acceptors (Lipinski definition) is 3. The van der Waals surface area contributed by atoms with Crippen LogP contribution in [0.1, 0.15) is 60.4 Å². The highest BCUT2D eigenvalue weighted by Crippen LogP contribution is 2.63. The third-order valence-electron chi connectivity index (χ3n) is 8.93. The quantitative estimate of drug-likeness (QED) is 0.203. The minimum atomic E-state index is -0.0281. The Morgan fingerprint density at radius 3 is 2.33 bits per heavy atom. The van der Waals surface area contributed by atoms with Gasteiger partial charge in [-0.2, -0.15) is 0 Å². The lowest BCUT2D eigenvalue weighted by Crippen LogP contribution is -2.38. The monoisotopic (exact) mass is 531 g/mol. The molecule has 3 heteroatoms. The Balaban J connectivity index is 1.27. The van der Waals surface area contributed by atoms with Gasteiger partial charge in [-0.1, -0.05) is 93.3 Å². The van der Waals surface area contributed by atoms with Gasteiger partial charge in [0.05, 0.1) is 0 Å². The molecule has 2 N–H and O–H groups in total. The molecule has 5 rings (SSSR count). The minimum Gasteiger partial charge on any atom is -0.388 e. The molecule has 4 atom stereocenters. The molecule has 1 saturated carbocycles. The fourth-order valence-electron chi connectivity index (χ4n) is 6.90. The van der Waals surface area contributed by atoms with Crippen LogP contribution in [0.2, 0.25) is 0 Å². The maximum Gasteiger partial charge on any atom is 0.0419 e. The Bertz CT molecular complexity index is 1370.